The third-order valence-electron chi connectivity index (χ3n) is 6.82. The molecule has 0 amide bonds. The van der Waals surface area contributed by atoms with Crippen LogP contribution < -0.4 is 15.2 Å². The summed E-state index contributed by atoms with van der Waals surface area (Å²) in [6, 6.07) is 23.9. The van der Waals surface area contributed by atoms with Crippen LogP contribution in [0.15, 0.2) is 72.1 Å². The number of anilines is 2. The summed E-state index contributed by atoms with van der Waals surface area (Å²) < 4.78 is 5.37. The minimum absolute atomic E-state index is 0.123. The van der Waals surface area contributed by atoms with Gasteiger partial charge in [0, 0.05) is 40.7 Å². The zero-order chi connectivity index (χ0) is 21.5. The second-order valence-electron chi connectivity index (χ2n) is 8.68. The number of fused-ring (bicyclic) bond motifs is 1. The van der Waals surface area contributed by atoms with E-state index in [0.29, 0.717) is 5.94 Å². The molecule has 2 N–H and O–H groups in total. The molecule has 0 spiro atoms. The molecule has 0 radical (unpaired) electrons. The molecule has 0 saturated heterocycles. The van der Waals surface area contributed by atoms with Crippen LogP contribution in [0.3, 0.4) is 0 Å². The fraction of sp³-hybridized carbons (Fsp3) is 0.231. The van der Waals surface area contributed by atoms with Gasteiger partial charge in [0.25, 0.3) is 0 Å². The molecule has 4 aromatic rings. The van der Waals surface area contributed by atoms with Gasteiger partial charge in [-0.2, -0.15) is 0 Å². The highest BCUT2D eigenvalue weighted by Gasteiger charge is 2.37. The van der Waals surface area contributed by atoms with Crippen molar-refractivity contribution in [2.75, 3.05) is 24.1 Å². The molecule has 0 saturated carbocycles. The SMILES string of the molecule is COc1ccc(C[C@@H](B2Nc3cccc4cccc(c34)N2)N2CCc3sccc3C2)cc1. The van der Waals surface area contributed by atoms with Crippen molar-refractivity contribution in [1.29, 1.82) is 0 Å². The third kappa shape index (κ3) is 3.53. The van der Waals surface area contributed by atoms with Crippen LogP contribution in [0.4, 0.5) is 11.4 Å². The zero-order valence-corrected chi connectivity index (χ0v) is 19.0. The number of thiophene rings is 1. The summed E-state index contributed by atoms with van der Waals surface area (Å²) in [5.74, 6) is 1.21. The largest absolute Gasteiger partial charge is 0.497 e. The van der Waals surface area contributed by atoms with E-state index in [1.54, 1.807) is 12.0 Å². The maximum atomic E-state index is 5.37. The lowest BCUT2D eigenvalue weighted by atomic mass is 9.62. The number of benzene rings is 3. The Hall–Kier alpha value is -2.96. The van der Waals surface area contributed by atoms with Crippen molar-refractivity contribution in [2.45, 2.75) is 25.3 Å². The van der Waals surface area contributed by atoms with Gasteiger partial charge in [-0.15, -0.1) is 11.3 Å². The Morgan fingerprint density at radius 3 is 2.47 bits per heavy atom. The first-order valence-electron chi connectivity index (χ1n) is 11.3. The molecule has 3 heterocycles. The van der Waals surface area contributed by atoms with Crippen LogP contribution >= 0.6 is 11.3 Å². The Labute approximate surface area is 193 Å². The van der Waals surface area contributed by atoms with Crippen molar-refractivity contribution < 1.29 is 4.74 Å². The molecule has 32 heavy (non-hydrogen) atoms. The fourth-order valence-electron chi connectivity index (χ4n) is 5.16. The van der Waals surface area contributed by atoms with Gasteiger partial charge in [-0.3, -0.25) is 4.90 Å². The van der Waals surface area contributed by atoms with Crippen molar-refractivity contribution >= 4 is 40.5 Å². The van der Waals surface area contributed by atoms with Crippen LogP contribution in [-0.4, -0.2) is 31.5 Å². The highest BCUT2D eigenvalue weighted by Crippen LogP contribution is 2.36. The van der Waals surface area contributed by atoms with Gasteiger partial charge in [-0.1, -0.05) is 36.4 Å². The first kappa shape index (κ1) is 19.7. The Kier molecular flexibility index (Phi) is 5.04. The van der Waals surface area contributed by atoms with E-state index in [1.807, 2.05) is 11.3 Å². The summed E-state index contributed by atoms with van der Waals surface area (Å²) in [6.45, 7) is 2.21. The summed E-state index contributed by atoms with van der Waals surface area (Å²) >= 11 is 1.90. The lowest BCUT2D eigenvalue weighted by Gasteiger charge is -2.40. The van der Waals surface area contributed by atoms with E-state index in [1.165, 1.54) is 33.3 Å². The molecule has 0 aliphatic carbocycles. The molecule has 2 aliphatic heterocycles. The van der Waals surface area contributed by atoms with E-state index in [2.05, 4.69) is 87.5 Å². The molecular formula is C26H26BN3OS. The summed E-state index contributed by atoms with van der Waals surface area (Å²) in [5, 5.41) is 12.5. The summed E-state index contributed by atoms with van der Waals surface area (Å²) in [7, 11) is 1.72. The van der Waals surface area contributed by atoms with E-state index in [-0.39, 0.29) is 6.98 Å². The Morgan fingerprint density at radius 1 is 1.00 bits per heavy atom. The van der Waals surface area contributed by atoms with E-state index in [9.17, 15) is 0 Å². The maximum absolute atomic E-state index is 5.37. The molecule has 0 fully saturated rings. The van der Waals surface area contributed by atoms with Crippen molar-refractivity contribution in [3.8, 4) is 5.75 Å². The number of hydrogen-bond acceptors (Lipinski definition) is 5. The molecular weight excluding hydrogens is 413 g/mol. The maximum Gasteiger partial charge on any atom is 0.388 e. The van der Waals surface area contributed by atoms with Crippen LogP contribution in [0.1, 0.15) is 16.0 Å². The second-order valence-corrected chi connectivity index (χ2v) is 9.69. The number of methoxy groups -OCH3 is 1. The highest BCUT2D eigenvalue weighted by atomic mass is 32.1. The quantitative estimate of drug-likeness (QED) is 0.406. The second kappa shape index (κ2) is 8.19. The Balaban J connectivity index is 1.34. The predicted molar refractivity (Wildman–Crippen MR) is 136 cm³/mol. The van der Waals surface area contributed by atoms with Gasteiger partial charge >= 0.3 is 6.98 Å². The van der Waals surface area contributed by atoms with Crippen LogP contribution in [0.5, 0.6) is 5.75 Å². The van der Waals surface area contributed by atoms with Crippen LogP contribution in [0.25, 0.3) is 10.8 Å². The van der Waals surface area contributed by atoms with Crippen molar-refractivity contribution in [3.63, 3.8) is 0 Å². The Morgan fingerprint density at radius 2 is 1.75 bits per heavy atom. The molecule has 6 rings (SSSR count). The van der Waals surface area contributed by atoms with E-state index in [4.69, 9.17) is 4.74 Å². The van der Waals surface area contributed by atoms with E-state index in [0.717, 1.165) is 31.7 Å². The zero-order valence-electron chi connectivity index (χ0n) is 18.2. The molecule has 2 aliphatic rings. The summed E-state index contributed by atoms with van der Waals surface area (Å²) in [6.07, 6.45) is 2.09. The van der Waals surface area contributed by atoms with E-state index >= 15 is 0 Å². The average Bonchev–Trinajstić information content (AvgIpc) is 3.31. The molecule has 0 bridgehead atoms. The van der Waals surface area contributed by atoms with Crippen LogP contribution in [-0.2, 0) is 19.4 Å². The first-order chi connectivity index (χ1) is 15.8. The van der Waals surface area contributed by atoms with Crippen LogP contribution in [0.2, 0.25) is 0 Å². The van der Waals surface area contributed by atoms with Gasteiger partial charge in [0.15, 0.2) is 0 Å². The smallest absolute Gasteiger partial charge is 0.388 e. The van der Waals surface area contributed by atoms with Crippen molar-refractivity contribution in [2.24, 2.45) is 0 Å². The van der Waals surface area contributed by atoms with Crippen molar-refractivity contribution in [1.82, 2.24) is 4.90 Å². The average molecular weight is 439 g/mol. The monoisotopic (exact) mass is 439 g/mol. The number of rotatable bonds is 5. The predicted octanol–water partition coefficient (Wildman–Crippen LogP) is 5.44. The molecule has 3 aromatic carbocycles. The molecule has 1 atom stereocenters. The molecule has 6 heteroatoms. The number of nitrogens with one attached hydrogen (secondary N) is 2. The lowest BCUT2D eigenvalue weighted by molar-refractivity contribution is 0.227. The minimum atomic E-state index is 0.123. The fourth-order valence-corrected chi connectivity index (χ4v) is 6.05. The van der Waals surface area contributed by atoms with Gasteiger partial charge in [0.1, 0.15) is 5.75 Å². The number of ether oxygens (including phenoxy) is 1. The summed E-state index contributed by atoms with van der Waals surface area (Å²) in [4.78, 5) is 4.20. The topological polar surface area (TPSA) is 36.5 Å². The standard InChI is InChI=1S/C26H26BN3OS/c1-31-21-10-8-18(9-11-21)16-25(30-14-12-24-20(17-30)13-15-32-24)27-28-22-6-2-4-19-5-3-7-23(29-27)26(19)22/h2-11,13,15,25,28-29H,12,14,16-17H2,1H3/t25-/m0/s1. The van der Waals surface area contributed by atoms with Gasteiger partial charge in [-0.05, 0) is 65.1 Å². The molecule has 4 nitrogen and oxygen atoms in total. The normalized spacial score (nSPS) is 16.2. The number of nitrogens with zero attached hydrogens (tertiary/aromatic N) is 1. The first-order valence-corrected chi connectivity index (χ1v) is 12.1. The minimum Gasteiger partial charge on any atom is -0.497 e. The highest BCUT2D eigenvalue weighted by molar-refractivity contribution is 7.10. The van der Waals surface area contributed by atoms with E-state index < -0.39 is 0 Å². The van der Waals surface area contributed by atoms with Gasteiger partial charge in [0.2, 0.25) is 0 Å². The lowest BCUT2D eigenvalue weighted by Crippen LogP contribution is -2.57. The van der Waals surface area contributed by atoms with Gasteiger partial charge < -0.3 is 15.2 Å². The molecule has 0 unspecified atom stereocenters. The number of hydrogen-bond donors (Lipinski definition) is 2. The molecule has 160 valence electrons. The Bertz CT molecular complexity index is 1210. The van der Waals surface area contributed by atoms with Crippen molar-refractivity contribution in [3.05, 3.63) is 88.1 Å². The van der Waals surface area contributed by atoms with Crippen LogP contribution in [0, 0.1) is 0 Å². The van der Waals surface area contributed by atoms with Gasteiger partial charge in [0.05, 0.1) is 7.11 Å². The van der Waals surface area contributed by atoms with Gasteiger partial charge in [-0.25, -0.2) is 0 Å². The molecule has 1 aromatic heterocycles. The summed E-state index contributed by atoms with van der Waals surface area (Å²) in [5.41, 5.74) is 5.25. The third-order valence-corrected chi connectivity index (χ3v) is 7.84.